The molecule has 1 N–H and O–H groups in total. The van der Waals surface area contributed by atoms with E-state index in [-0.39, 0.29) is 0 Å². The van der Waals surface area contributed by atoms with Crippen LogP contribution in [0.4, 0.5) is 11.6 Å². The summed E-state index contributed by atoms with van der Waals surface area (Å²) in [7, 11) is 1.65. The zero-order chi connectivity index (χ0) is 16.5. The summed E-state index contributed by atoms with van der Waals surface area (Å²) in [6.45, 7) is 2.05. The molecule has 0 unspecified atom stereocenters. The number of nitrogens with one attached hydrogen (secondary N) is 1. The van der Waals surface area contributed by atoms with Crippen LogP contribution in [-0.4, -0.2) is 22.1 Å². The summed E-state index contributed by atoms with van der Waals surface area (Å²) >= 11 is 1.71. The zero-order valence-corrected chi connectivity index (χ0v) is 14.4. The summed E-state index contributed by atoms with van der Waals surface area (Å²) < 4.78 is 5.25. The molecule has 1 fully saturated rings. The number of hydrogen-bond donors (Lipinski definition) is 1. The first-order valence-electron chi connectivity index (χ1n) is 7.95. The Morgan fingerprint density at radius 1 is 1.21 bits per heavy atom. The summed E-state index contributed by atoms with van der Waals surface area (Å²) in [4.78, 5) is 14.9. The lowest BCUT2D eigenvalue weighted by atomic mass is 10.2. The van der Waals surface area contributed by atoms with E-state index in [0.717, 1.165) is 22.1 Å². The number of benzene rings is 1. The maximum Gasteiger partial charge on any atom is 0.227 e. The fourth-order valence-corrected chi connectivity index (χ4v) is 3.61. The van der Waals surface area contributed by atoms with Gasteiger partial charge in [0.1, 0.15) is 5.75 Å². The van der Waals surface area contributed by atoms with Gasteiger partial charge in [0.15, 0.2) is 0 Å². The SMILES string of the molecule is COc1cccc(Nc2nccc(-c3sc(C)nc3C3CC3)n2)c1. The molecule has 0 spiro atoms. The maximum absolute atomic E-state index is 5.25. The third-order valence-electron chi connectivity index (χ3n) is 3.94. The van der Waals surface area contributed by atoms with Gasteiger partial charge in [-0.2, -0.15) is 0 Å². The smallest absolute Gasteiger partial charge is 0.227 e. The normalized spacial score (nSPS) is 13.8. The number of methoxy groups -OCH3 is 1. The van der Waals surface area contributed by atoms with Crippen LogP contribution in [-0.2, 0) is 0 Å². The van der Waals surface area contributed by atoms with Crippen LogP contribution in [0.25, 0.3) is 10.6 Å². The van der Waals surface area contributed by atoms with Crippen LogP contribution in [0.15, 0.2) is 36.5 Å². The van der Waals surface area contributed by atoms with Gasteiger partial charge in [-0.15, -0.1) is 11.3 Å². The zero-order valence-electron chi connectivity index (χ0n) is 13.6. The molecule has 5 nitrogen and oxygen atoms in total. The van der Waals surface area contributed by atoms with Crippen LogP contribution in [0.2, 0.25) is 0 Å². The van der Waals surface area contributed by atoms with Crippen molar-refractivity contribution in [1.29, 1.82) is 0 Å². The second-order valence-corrected chi connectivity index (χ2v) is 7.05. The Kier molecular flexibility index (Phi) is 3.90. The van der Waals surface area contributed by atoms with E-state index in [4.69, 9.17) is 9.72 Å². The van der Waals surface area contributed by atoms with Gasteiger partial charge in [0, 0.05) is 23.9 Å². The van der Waals surface area contributed by atoms with E-state index in [1.165, 1.54) is 23.4 Å². The highest BCUT2D eigenvalue weighted by Crippen LogP contribution is 2.45. The van der Waals surface area contributed by atoms with Gasteiger partial charge < -0.3 is 10.1 Å². The lowest BCUT2D eigenvalue weighted by Gasteiger charge is -2.08. The molecule has 0 radical (unpaired) electrons. The van der Waals surface area contributed by atoms with Crippen molar-refractivity contribution in [2.45, 2.75) is 25.7 Å². The maximum atomic E-state index is 5.25. The Labute approximate surface area is 144 Å². The predicted molar refractivity (Wildman–Crippen MR) is 96.1 cm³/mol. The molecule has 24 heavy (non-hydrogen) atoms. The molecule has 2 heterocycles. The number of thiazole rings is 1. The Bertz CT molecular complexity index is 873. The van der Waals surface area contributed by atoms with E-state index in [9.17, 15) is 0 Å². The van der Waals surface area contributed by atoms with Crippen LogP contribution >= 0.6 is 11.3 Å². The Hall–Kier alpha value is -2.47. The number of aromatic nitrogens is 3. The first-order chi connectivity index (χ1) is 11.7. The summed E-state index contributed by atoms with van der Waals surface area (Å²) in [5, 5.41) is 4.33. The minimum atomic E-state index is 0.577. The Morgan fingerprint density at radius 2 is 2.08 bits per heavy atom. The molecular formula is C18H18N4OS. The first kappa shape index (κ1) is 15.1. The summed E-state index contributed by atoms with van der Waals surface area (Å²) in [5.41, 5.74) is 3.03. The van der Waals surface area contributed by atoms with Crippen molar-refractivity contribution in [2.24, 2.45) is 0 Å². The van der Waals surface area contributed by atoms with Crippen molar-refractivity contribution in [3.05, 3.63) is 47.2 Å². The van der Waals surface area contributed by atoms with E-state index < -0.39 is 0 Å². The molecule has 0 aliphatic heterocycles. The lowest BCUT2D eigenvalue weighted by Crippen LogP contribution is -1.98. The van der Waals surface area contributed by atoms with Crippen molar-refractivity contribution < 1.29 is 4.74 Å². The summed E-state index contributed by atoms with van der Waals surface area (Å²) in [5.74, 6) is 1.98. The van der Waals surface area contributed by atoms with Gasteiger partial charge in [-0.1, -0.05) is 6.07 Å². The molecule has 3 aromatic rings. The Morgan fingerprint density at radius 3 is 2.88 bits per heavy atom. The summed E-state index contributed by atoms with van der Waals surface area (Å²) in [6.07, 6.45) is 4.25. The highest BCUT2D eigenvalue weighted by molar-refractivity contribution is 7.15. The fourth-order valence-electron chi connectivity index (χ4n) is 2.64. The Balaban J connectivity index is 1.64. The van der Waals surface area contributed by atoms with Crippen molar-refractivity contribution in [1.82, 2.24) is 15.0 Å². The van der Waals surface area contributed by atoms with Gasteiger partial charge in [-0.25, -0.2) is 15.0 Å². The van der Waals surface area contributed by atoms with Crippen LogP contribution in [0.3, 0.4) is 0 Å². The molecule has 0 atom stereocenters. The fraction of sp³-hybridized carbons (Fsp3) is 0.278. The van der Waals surface area contributed by atoms with E-state index in [2.05, 4.69) is 22.2 Å². The number of anilines is 2. The molecule has 0 bridgehead atoms. The van der Waals surface area contributed by atoms with Crippen molar-refractivity contribution in [3.8, 4) is 16.3 Å². The van der Waals surface area contributed by atoms with Crippen LogP contribution in [0, 0.1) is 6.92 Å². The van der Waals surface area contributed by atoms with Crippen molar-refractivity contribution in [3.63, 3.8) is 0 Å². The van der Waals surface area contributed by atoms with Gasteiger partial charge in [-0.05, 0) is 38.0 Å². The predicted octanol–water partition coefficient (Wildman–Crippen LogP) is 4.54. The quantitative estimate of drug-likeness (QED) is 0.740. The number of nitrogens with zero attached hydrogens (tertiary/aromatic N) is 3. The molecule has 1 aliphatic rings. The van der Waals surface area contributed by atoms with Gasteiger partial charge in [0.2, 0.25) is 5.95 Å². The molecule has 0 saturated heterocycles. The number of hydrogen-bond acceptors (Lipinski definition) is 6. The average Bonchev–Trinajstić information content (AvgIpc) is 3.37. The molecule has 2 aromatic heterocycles. The third kappa shape index (κ3) is 3.10. The van der Waals surface area contributed by atoms with E-state index in [0.29, 0.717) is 11.9 Å². The van der Waals surface area contributed by atoms with Gasteiger partial charge in [-0.3, -0.25) is 0 Å². The number of ether oxygens (including phenoxy) is 1. The van der Waals surface area contributed by atoms with E-state index in [1.54, 1.807) is 24.6 Å². The molecular weight excluding hydrogens is 320 g/mol. The minimum absolute atomic E-state index is 0.577. The largest absolute Gasteiger partial charge is 0.497 e. The standard InChI is InChI=1S/C18H18N4OS/c1-11-20-16(12-6-7-12)17(24-11)15-8-9-19-18(22-15)21-13-4-3-5-14(10-13)23-2/h3-5,8-10,12H,6-7H2,1-2H3,(H,19,21,22). The van der Waals surface area contributed by atoms with E-state index in [1.807, 2.05) is 30.3 Å². The number of aryl methyl sites for hydroxylation is 1. The van der Waals surface area contributed by atoms with Crippen molar-refractivity contribution in [2.75, 3.05) is 12.4 Å². The van der Waals surface area contributed by atoms with Gasteiger partial charge >= 0.3 is 0 Å². The molecule has 122 valence electrons. The first-order valence-corrected chi connectivity index (χ1v) is 8.76. The van der Waals surface area contributed by atoms with Crippen molar-refractivity contribution >= 4 is 23.0 Å². The summed E-state index contributed by atoms with van der Waals surface area (Å²) in [6, 6.07) is 9.68. The molecule has 4 rings (SSSR count). The lowest BCUT2D eigenvalue weighted by molar-refractivity contribution is 0.415. The highest BCUT2D eigenvalue weighted by Gasteiger charge is 2.30. The second kappa shape index (κ2) is 6.20. The van der Waals surface area contributed by atoms with Crippen LogP contribution in [0.5, 0.6) is 5.75 Å². The minimum Gasteiger partial charge on any atom is -0.497 e. The van der Waals surface area contributed by atoms with Gasteiger partial charge in [0.05, 0.1) is 28.4 Å². The number of rotatable bonds is 5. The highest BCUT2D eigenvalue weighted by atomic mass is 32.1. The molecule has 1 saturated carbocycles. The molecule has 1 aromatic carbocycles. The third-order valence-corrected chi connectivity index (χ3v) is 4.95. The van der Waals surface area contributed by atoms with Gasteiger partial charge in [0.25, 0.3) is 0 Å². The monoisotopic (exact) mass is 338 g/mol. The van der Waals surface area contributed by atoms with Crippen LogP contribution < -0.4 is 10.1 Å². The average molecular weight is 338 g/mol. The van der Waals surface area contributed by atoms with Crippen LogP contribution in [0.1, 0.15) is 29.5 Å². The van der Waals surface area contributed by atoms with E-state index >= 15 is 0 Å². The molecule has 0 amide bonds. The topological polar surface area (TPSA) is 59.9 Å². The second-order valence-electron chi connectivity index (χ2n) is 5.84. The molecule has 1 aliphatic carbocycles. The molecule has 6 heteroatoms.